The summed E-state index contributed by atoms with van der Waals surface area (Å²) in [5, 5.41) is 7.28. The van der Waals surface area contributed by atoms with E-state index in [2.05, 4.69) is 10.6 Å². The topological polar surface area (TPSA) is 58.2 Å². The third-order valence-corrected chi connectivity index (χ3v) is 4.79. The van der Waals surface area contributed by atoms with Crippen LogP contribution < -0.4 is 10.6 Å². The highest BCUT2D eigenvalue weighted by Gasteiger charge is 2.14. The highest BCUT2D eigenvalue weighted by molar-refractivity contribution is 7.12. The molecule has 0 unspecified atom stereocenters. The van der Waals surface area contributed by atoms with E-state index >= 15 is 0 Å². The zero-order chi connectivity index (χ0) is 18.7. The summed E-state index contributed by atoms with van der Waals surface area (Å²) >= 11 is 7.40. The van der Waals surface area contributed by atoms with Gasteiger partial charge < -0.3 is 10.6 Å². The molecule has 3 aromatic rings. The van der Waals surface area contributed by atoms with Gasteiger partial charge in [-0.2, -0.15) is 0 Å². The lowest BCUT2D eigenvalue weighted by molar-refractivity contribution is 0.101. The number of carbonyl (C=O) groups is 2. The fourth-order valence-corrected chi connectivity index (χ4v) is 3.05. The number of hydrogen-bond acceptors (Lipinski definition) is 3. The molecule has 26 heavy (non-hydrogen) atoms. The molecule has 1 aromatic heterocycles. The number of hydrogen-bond donors (Lipinski definition) is 2. The van der Waals surface area contributed by atoms with Gasteiger partial charge in [0.05, 0.1) is 21.3 Å². The fraction of sp³-hybridized carbons (Fsp3) is 0.0526. The Hall–Kier alpha value is -2.70. The summed E-state index contributed by atoms with van der Waals surface area (Å²) < 4.78 is 13.9. The van der Waals surface area contributed by atoms with E-state index in [1.807, 2.05) is 0 Å². The molecule has 1 heterocycles. The Balaban J connectivity index is 1.80. The predicted molar refractivity (Wildman–Crippen MR) is 103 cm³/mol. The predicted octanol–water partition coefficient (Wildman–Crippen LogP) is 5.35. The number of aryl methyl sites for hydroxylation is 1. The van der Waals surface area contributed by atoms with Gasteiger partial charge in [0, 0.05) is 5.56 Å². The van der Waals surface area contributed by atoms with Crippen molar-refractivity contribution in [3.05, 3.63) is 80.8 Å². The smallest absolute Gasteiger partial charge is 0.265 e. The van der Waals surface area contributed by atoms with Gasteiger partial charge in [0.25, 0.3) is 11.8 Å². The third-order valence-electron chi connectivity index (χ3n) is 3.59. The van der Waals surface area contributed by atoms with Crippen LogP contribution in [0.3, 0.4) is 0 Å². The normalized spacial score (nSPS) is 10.4. The van der Waals surface area contributed by atoms with E-state index in [0.717, 1.165) is 5.56 Å². The Labute approximate surface area is 158 Å². The minimum atomic E-state index is -0.515. The third kappa shape index (κ3) is 4.09. The Kier molecular flexibility index (Phi) is 5.35. The molecule has 0 fully saturated rings. The average molecular weight is 389 g/mol. The van der Waals surface area contributed by atoms with Gasteiger partial charge in [-0.3, -0.25) is 9.59 Å². The van der Waals surface area contributed by atoms with Crippen LogP contribution in [-0.2, 0) is 0 Å². The molecule has 132 valence electrons. The first-order valence-corrected chi connectivity index (χ1v) is 8.92. The molecule has 0 saturated carbocycles. The van der Waals surface area contributed by atoms with Crippen molar-refractivity contribution in [3.8, 4) is 0 Å². The second-order valence-corrected chi connectivity index (χ2v) is 6.92. The molecule has 2 N–H and O–H groups in total. The summed E-state index contributed by atoms with van der Waals surface area (Å²) in [5.74, 6) is -1.33. The van der Waals surface area contributed by atoms with Crippen LogP contribution in [0.4, 0.5) is 15.8 Å². The van der Waals surface area contributed by atoms with Gasteiger partial charge in [-0.05, 0) is 54.3 Å². The van der Waals surface area contributed by atoms with Crippen molar-refractivity contribution in [1.29, 1.82) is 0 Å². The van der Waals surface area contributed by atoms with Crippen molar-refractivity contribution in [1.82, 2.24) is 0 Å². The monoisotopic (exact) mass is 388 g/mol. The molecule has 0 aliphatic heterocycles. The van der Waals surface area contributed by atoms with Crippen molar-refractivity contribution in [2.45, 2.75) is 6.92 Å². The molecule has 0 radical (unpaired) electrons. The lowest BCUT2D eigenvalue weighted by Crippen LogP contribution is -2.15. The summed E-state index contributed by atoms with van der Waals surface area (Å²) in [7, 11) is 0. The largest absolute Gasteiger partial charge is 0.320 e. The van der Waals surface area contributed by atoms with Crippen molar-refractivity contribution < 1.29 is 14.0 Å². The van der Waals surface area contributed by atoms with Gasteiger partial charge in [-0.15, -0.1) is 11.3 Å². The molecule has 0 aliphatic carbocycles. The molecule has 3 rings (SSSR count). The molecule has 4 nitrogen and oxygen atoms in total. The van der Waals surface area contributed by atoms with Crippen LogP contribution in [0.15, 0.2) is 53.9 Å². The minimum Gasteiger partial charge on any atom is -0.320 e. The van der Waals surface area contributed by atoms with E-state index in [1.54, 1.807) is 30.5 Å². The van der Waals surface area contributed by atoms with Gasteiger partial charge >= 0.3 is 0 Å². The van der Waals surface area contributed by atoms with Gasteiger partial charge in [0.2, 0.25) is 0 Å². The second-order valence-electron chi connectivity index (χ2n) is 5.56. The second kappa shape index (κ2) is 7.68. The van der Waals surface area contributed by atoms with Crippen LogP contribution in [-0.4, -0.2) is 11.8 Å². The summed E-state index contributed by atoms with van der Waals surface area (Å²) in [6.07, 6.45) is 0. The van der Waals surface area contributed by atoms with Crippen LogP contribution in [0.25, 0.3) is 0 Å². The Morgan fingerprint density at radius 3 is 2.46 bits per heavy atom. The Bertz CT molecular complexity index is 974. The number of nitrogens with one attached hydrogen (secondary N) is 2. The number of halogens is 2. The first-order valence-electron chi connectivity index (χ1n) is 7.66. The number of thiophene rings is 1. The molecule has 0 atom stereocenters. The molecule has 0 saturated heterocycles. The van der Waals surface area contributed by atoms with E-state index in [1.165, 1.54) is 41.7 Å². The molecule has 0 spiro atoms. The molecule has 2 aromatic carbocycles. The maximum Gasteiger partial charge on any atom is 0.265 e. The SMILES string of the molecule is Cc1ccc(NC(=O)c2ccc(Cl)c(NC(=O)c3cccs3)c2)c(F)c1. The Morgan fingerprint density at radius 1 is 1.00 bits per heavy atom. The van der Waals surface area contributed by atoms with Crippen LogP contribution >= 0.6 is 22.9 Å². The molecule has 0 aliphatic rings. The number of carbonyl (C=O) groups excluding carboxylic acids is 2. The maximum atomic E-state index is 13.9. The highest BCUT2D eigenvalue weighted by Crippen LogP contribution is 2.25. The molecule has 7 heteroatoms. The zero-order valence-electron chi connectivity index (χ0n) is 13.7. The van der Waals surface area contributed by atoms with Crippen molar-refractivity contribution in [2.24, 2.45) is 0 Å². The average Bonchev–Trinajstić information content (AvgIpc) is 3.14. The van der Waals surface area contributed by atoms with Crippen molar-refractivity contribution in [2.75, 3.05) is 10.6 Å². The van der Waals surface area contributed by atoms with Gasteiger partial charge in [-0.1, -0.05) is 23.7 Å². The number of benzene rings is 2. The fourth-order valence-electron chi connectivity index (χ4n) is 2.27. The van der Waals surface area contributed by atoms with Crippen LogP contribution in [0.2, 0.25) is 5.02 Å². The van der Waals surface area contributed by atoms with E-state index in [4.69, 9.17) is 11.6 Å². The quantitative estimate of drug-likeness (QED) is 0.632. The van der Waals surface area contributed by atoms with Crippen molar-refractivity contribution >= 4 is 46.1 Å². The highest BCUT2D eigenvalue weighted by atomic mass is 35.5. The Morgan fingerprint density at radius 2 is 1.77 bits per heavy atom. The van der Waals surface area contributed by atoms with Gasteiger partial charge in [0.15, 0.2) is 0 Å². The van der Waals surface area contributed by atoms with Crippen molar-refractivity contribution in [3.63, 3.8) is 0 Å². The van der Waals surface area contributed by atoms with Gasteiger partial charge in [-0.25, -0.2) is 4.39 Å². The van der Waals surface area contributed by atoms with E-state index in [9.17, 15) is 14.0 Å². The van der Waals surface area contributed by atoms with E-state index in [0.29, 0.717) is 15.6 Å². The number of rotatable bonds is 4. The zero-order valence-corrected chi connectivity index (χ0v) is 15.2. The summed E-state index contributed by atoms with van der Waals surface area (Å²) in [4.78, 5) is 25.1. The first-order chi connectivity index (χ1) is 12.4. The first kappa shape index (κ1) is 18.1. The summed E-state index contributed by atoms with van der Waals surface area (Å²) in [5.41, 5.74) is 1.39. The van der Waals surface area contributed by atoms with Gasteiger partial charge in [0.1, 0.15) is 5.82 Å². The standard InChI is InChI=1S/C19H14ClFN2O2S/c1-11-4-7-15(14(21)9-11)22-18(24)12-5-6-13(20)16(10-12)23-19(25)17-3-2-8-26-17/h2-10H,1H3,(H,22,24)(H,23,25). The number of amides is 2. The van der Waals surface area contributed by atoms with Crippen LogP contribution in [0.1, 0.15) is 25.6 Å². The maximum absolute atomic E-state index is 13.9. The van der Waals surface area contributed by atoms with E-state index in [-0.39, 0.29) is 17.2 Å². The van der Waals surface area contributed by atoms with Crippen LogP contribution in [0, 0.1) is 12.7 Å². The molecular formula is C19H14ClFN2O2S. The minimum absolute atomic E-state index is 0.0831. The molecular weight excluding hydrogens is 375 g/mol. The lowest BCUT2D eigenvalue weighted by Gasteiger charge is -2.10. The molecule has 2 amide bonds. The lowest BCUT2D eigenvalue weighted by atomic mass is 10.1. The molecule has 0 bridgehead atoms. The summed E-state index contributed by atoms with van der Waals surface area (Å²) in [6, 6.07) is 12.5. The van der Waals surface area contributed by atoms with Crippen LogP contribution in [0.5, 0.6) is 0 Å². The number of anilines is 2. The van der Waals surface area contributed by atoms with E-state index < -0.39 is 11.7 Å². The summed E-state index contributed by atoms with van der Waals surface area (Å²) in [6.45, 7) is 1.76.